The molecule has 16 heavy (non-hydrogen) atoms. The van der Waals surface area contributed by atoms with Crippen molar-refractivity contribution >= 4 is 11.8 Å². The van der Waals surface area contributed by atoms with Gasteiger partial charge in [-0.05, 0) is 26.0 Å². The Kier molecular flexibility index (Phi) is 4.10. The average Bonchev–Trinajstić information content (AvgIpc) is 2.27. The van der Waals surface area contributed by atoms with Crippen LogP contribution in [0.25, 0.3) is 0 Å². The number of nitrogens with one attached hydrogen (secondary N) is 1. The van der Waals surface area contributed by atoms with Crippen LogP contribution < -0.4 is 10.1 Å². The third-order valence-electron chi connectivity index (χ3n) is 1.87. The Morgan fingerprint density at radius 2 is 2.12 bits per heavy atom. The van der Waals surface area contributed by atoms with Crippen LogP contribution in [0.15, 0.2) is 12.1 Å². The lowest BCUT2D eigenvalue weighted by atomic mass is 10.2. The molecule has 0 saturated carbocycles. The van der Waals surface area contributed by atoms with E-state index in [0.717, 1.165) is 0 Å². The zero-order valence-electron chi connectivity index (χ0n) is 9.90. The molecule has 5 nitrogen and oxygen atoms in total. The maximum Gasteiger partial charge on any atom is 0.343 e. The van der Waals surface area contributed by atoms with Gasteiger partial charge in [-0.1, -0.05) is 0 Å². The van der Waals surface area contributed by atoms with E-state index in [2.05, 4.69) is 15.0 Å². The SMILES string of the molecule is CNc1ccc(C(=O)OC)c(OC(C)C)n1. The van der Waals surface area contributed by atoms with Crippen LogP contribution in [0.4, 0.5) is 5.82 Å². The number of carbonyl (C=O) groups is 1. The van der Waals surface area contributed by atoms with Crippen LogP contribution in [0.2, 0.25) is 0 Å². The van der Waals surface area contributed by atoms with Gasteiger partial charge in [0.1, 0.15) is 11.4 Å². The molecule has 0 aromatic carbocycles. The van der Waals surface area contributed by atoms with Gasteiger partial charge in [0.2, 0.25) is 5.88 Å². The van der Waals surface area contributed by atoms with E-state index >= 15 is 0 Å². The van der Waals surface area contributed by atoms with Crippen molar-refractivity contribution in [2.24, 2.45) is 0 Å². The molecular formula is C11H16N2O3. The first kappa shape index (κ1) is 12.3. The molecule has 1 N–H and O–H groups in total. The molecule has 1 heterocycles. The predicted molar refractivity (Wildman–Crippen MR) is 60.9 cm³/mol. The maximum atomic E-state index is 11.5. The number of hydrogen-bond acceptors (Lipinski definition) is 5. The number of hydrogen-bond donors (Lipinski definition) is 1. The Hall–Kier alpha value is -1.78. The first-order valence-electron chi connectivity index (χ1n) is 5.02. The van der Waals surface area contributed by atoms with Gasteiger partial charge >= 0.3 is 5.97 Å². The smallest absolute Gasteiger partial charge is 0.343 e. The molecule has 1 aromatic rings. The van der Waals surface area contributed by atoms with Gasteiger partial charge in [-0.3, -0.25) is 0 Å². The first-order chi connectivity index (χ1) is 7.58. The molecule has 1 rings (SSSR count). The second-order valence-electron chi connectivity index (χ2n) is 3.46. The quantitative estimate of drug-likeness (QED) is 0.789. The van der Waals surface area contributed by atoms with Gasteiger partial charge in [0.15, 0.2) is 0 Å². The van der Waals surface area contributed by atoms with Crippen molar-refractivity contribution in [3.05, 3.63) is 17.7 Å². The Labute approximate surface area is 94.8 Å². The van der Waals surface area contributed by atoms with Gasteiger partial charge < -0.3 is 14.8 Å². The topological polar surface area (TPSA) is 60.5 Å². The molecule has 0 unspecified atom stereocenters. The van der Waals surface area contributed by atoms with E-state index in [4.69, 9.17) is 4.74 Å². The molecule has 0 aliphatic heterocycles. The largest absolute Gasteiger partial charge is 0.474 e. The number of ether oxygens (including phenoxy) is 2. The van der Waals surface area contributed by atoms with Crippen LogP contribution >= 0.6 is 0 Å². The van der Waals surface area contributed by atoms with Crippen LogP contribution in [-0.4, -0.2) is 31.2 Å². The predicted octanol–water partition coefficient (Wildman–Crippen LogP) is 1.70. The van der Waals surface area contributed by atoms with Crippen molar-refractivity contribution in [3.63, 3.8) is 0 Å². The minimum absolute atomic E-state index is 0.0528. The van der Waals surface area contributed by atoms with Gasteiger partial charge in [-0.2, -0.15) is 4.98 Å². The molecule has 0 atom stereocenters. The Balaban J connectivity index is 3.10. The van der Waals surface area contributed by atoms with E-state index in [1.807, 2.05) is 13.8 Å². The molecule has 0 aliphatic rings. The molecule has 0 radical (unpaired) electrons. The van der Waals surface area contributed by atoms with E-state index in [1.165, 1.54) is 7.11 Å². The van der Waals surface area contributed by atoms with Crippen molar-refractivity contribution in [2.45, 2.75) is 20.0 Å². The summed E-state index contributed by atoms with van der Waals surface area (Å²) in [7, 11) is 3.08. The normalized spacial score (nSPS) is 10.1. The number of pyridine rings is 1. The number of rotatable bonds is 4. The number of esters is 1. The molecule has 1 aromatic heterocycles. The Morgan fingerprint density at radius 3 is 2.62 bits per heavy atom. The summed E-state index contributed by atoms with van der Waals surface area (Å²) in [6.45, 7) is 3.74. The fourth-order valence-corrected chi connectivity index (χ4v) is 1.16. The lowest BCUT2D eigenvalue weighted by Gasteiger charge is -2.13. The molecule has 0 bridgehead atoms. The minimum atomic E-state index is -0.453. The van der Waals surface area contributed by atoms with Crippen molar-refractivity contribution < 1.29 is 14.3 Å². The first-order valence-corrected chi connectivity index (χ1v) is 5.02. The summed E-state index contributed by atoms with van der Waals surface area (Å²) in [5, 5.41) is 2.88. The van der Waals surface area contributed by atoms with Crippen LogP contribution in [0.3, 0.4) is 0 Å². The number of nitrogens with zero attached hydrogens (tertiary/aromatic N) is 1. The average molecular weight is 224 g/mol. The van der Waals surface area contributed by atoms with Gasteiger partial charge in [0, 0.05) is 7.05 Å². The third-order valence-corrected chi connectivity index (χ3v) is 1.87. The number of aromatic nitrogens is 1. The van der Waals surface area contributed by atoms with Gasteiger partial charge in [-0.25, -0.2) is 4.79 Å². The van der Waals surface area contributed by atoms with Gasteiger partial charge in [-0.15, -0.1) is 0 Å². The van der Waals surface area contributed by atoms with E-state index in [1.54, 1.807) is 19.2 Å². The van der Waals surface area contributed by atoms with Crippen LogP contribution in [-0.2, 0) is 4.74 Å². The summed E-state index contributed by atoms with van der Waals surface area (Å²) in [5.41, 5.74) is 0.329. The highest BCUT2D eigenvalue weighted by Gasteiger charge is 2.16. The van der Waals surface area contributed by atoms with E-state index < -0.39 is 5.97 Å². The van der Waals surface area contributed by atoms with Crippen LogP contribution in [0.1, 0.15) is 24.2 Å². The standard InChI is InChI=1S/C11H16N2O3/c1-7(2)16-10-8(11(14)15-4)5-6-9(12-3)13-10/h5-7H,1-4H3,(H,12,13). The van der Waals surface area contributed by atoms with Crippen LogP contribution in [0.5, 0.6) is 5.88 Å². The zero-order chi connectivity index (χ0) is 12.1. The molecular weight excluding hydrogens is 208 g/mol. The second-order valence-corrected chi connectivity index (χ2v) is 3.46. The maximum absolute atomic E-state index is 11.5. The highest BCUT2D eigenvalue weighted by atomic mass is 16.5. The van der Waals surface area contributed by atoms with E-state index in [0.29, 0.717) is 11.4 Å². The third kappa shape index (κ3) is 2.85. The van der Waals surface area contributed by atoms with E-state index in [9.17, 15) is 4.79 Å². The molecule has 0 saturated heterocycles. The Bertz CT molecular complexity index is 377. The highest BCUT2D eigenvalue weighted by molar-refractivity contribution is 5.92. The fourth-order valence-electron chi connectivity index (χ4n) is 1.16. The van der Waals surface area contributed by atoms with Gasteiger partial charge in [0.05, 0.1) is 13.2 Å². The molecule has 5 heteroatoms. The molecule has 0 spiro atoms. The van der Waals surface area contributed by atoms with Gasteiger partial charge in [0.25, 0.3) is 0 Å². The van der Waals surface area contributed by atoms with E-state index in [-0.39, 0.29) is 12.0 Å². The fraction of sp³-hybridized carbons (Fsp3) is 0.455. The summed E-state index contributed by atoms with van der Waals surface area (Å²) < 4.78 is 10.1. The Morgan fingerprint density at radius 1 is 1.44 bits per heavy atom. The van der Waals surface area contributed by atoms with Crippen molar-refractivity contribution in [3.8, 4) is 5.88 Å². The lowest BCUT2D eigenvalue weighted by molar-refractivity contribution is 0.0593. The summed E-state index contributed by atoms with van der Waals surface area (Å²) in [5.74, 6) is 0.475. The summed E-state index contributed by atoms with van der Waals surface area (Å²) >= 11 is 0. The highest BCUT2D eigenvalue weighted by Crippen LogP contribution is 2.20. The molecule has 0 aliphatic carbocycles. The second kappa shape index (κ2) is 5.34. The zero-order valence-corrected chi connectivity index (χ0v) is 9.90. The molecule has 0 fully saturated rings. The lowest BCUT2D eigenvalue weighted by Crippen LogP contribution is -2.13. The summed E-state index contributed by atoms with van der Waals surface area (Å²) in [6, 6.07) is 3.32. The number of anilines is 1. The molecule has 88 valence electrons. The van der Waals surface area contributed by atoms with Crippen molar-refractivity contribution in [1.82, 2.24) is 4.98 Å². The monoisotopic (exact) mass is 224 g/mol. The number of methoxy groups -OCH3 is 1. The van der Waals surface area contributed by atoms with Crippen molar-refractivity contribution in [2.75, 3.05) is 19.5 Å². The number of carbonyl (C=O) groups excluding carboxylic acids is 1. The van der Waals surface area contributed by atoms with Crippen molar-refractivity contribution in [1.29, 1.82) is 0 Å². The molecule has 0 amide bonds. The minimum Gasteiger partial charge on any atom is -0.474 e. The summed E-state index contributed by atoms with van der Waals surface area (Å²) in [6.07, 6.45) is -0.0528. The van der Waals surface area contributed by atoms with Crippen LogP contribution in [0, 0.1) is 0 Å². The summed E-state index contributed by atoms with van der Waals surface area (Å²) in [4.78, 5) is 15.6.